The SMILES string of the molecule is CP(=O)(O)CCC([NH3+])C(=O)O.O=C([O-])C(F)(F)C(F)(F)C(F)(F)C(F)(F)C(F)(F)C(F)(F)F. The van der Waals surface area contributed by atoms with Crippen LogP contribution in [0, 0.1) is 0 Å². The molecule has 0 aliphatic rings. The van der Waals surface area contributed by atoms with Gasteiger partial charge in [0.05, 0.1) is 0 Å². The number of halogens is 13. The van der Waals surface area contributed by atoms with Crippen LogP contribution in [-0.4, -0.2) is 76.6 Å². The Bertz CT molecular complexity index is 763. The Morgan fingerprint density at radius 2 is 1.18 bits per heavy atom. The summed E-state index contributed by atoms with van der Waals surface area (Å²) in [6, 6.07) is -0.782. The molecular formula is C12H13F13NO6P. The Labute approximate surface area is 173 Å². The van der Waals surface area contributed by atoms with Crippen LogP contribution in [0.1, 0.15) is 6.42 Å². The third kappa shape index (κ3) is 6.84. The summed E-state index contributed by atoms with van der Waals surface area (Å²) in [5.74, 6) is -44.5. The summed E-state index contributed by atoms with van der Waals surface area (Å²) in [4.78, 5) is 28.5. The molecule has 0 aliphatic carbocycles. The Hall–Kier alpha value is -1.82. The summed E-state index contributed by atoms with van der Waals surface area (Å²) in [7, 11) is -3.06. The van der Waals surface area contributed by atoms with Gasteiger partial charge in [0.1, 0.15) is 5.97 Å². The Morgan fingerprint density at radius 1 is 0.848 bits per heavy atom. The van der Waals surface area contributed by atoms with Crippen LogP contribution in [0.2, 0.25) is 0 Å². The maximum Gasteiger partial charge on any atom is 0.460 e. The van der Waals surface area contributed by atoms with Crippen LogP contribution < -0.4 is 10.8 Å². The number of hydrogen-bond donors (Lipinski definition) is 3. The molecule has 0 fully saturated rings. The molecule has 0 radical (unpaired) electrons. The molecule has 7 nitrogen and oxygen atoms in total. The third-order valence-electron chi connectivity index (χ3n) is 3.43. The molecule has 0 saturated heterocycles. The summed E-state index contributed by atoms with van der Waals surface area (Å²) in [6.45, 7) is 1.21. The van der Waals surface area contributed by atoms with Gasteiger partial charge in [-0.2, -0.15) is 57.1 Å². The molecule has 0 aromatic heterocycles. The van der Waals surface area contributed by atoms with Crippen LogP contribution >= 0.6 is 7.37 Å². The monoisotopic (exact) mass is 545 g/mol. The van der Waals surface area contributed by atoms with Crippen molar-refractivity contribution in [2.45, 2.75) is 48.3 Å². The fourth-order valence-electron chi connectivity index (χ4n) is 1.42. The first-order valence-electron chi connectivity index (χ1n) is 7.54. The number of rotatable bonds is 9. The summed E-state index contributed by atoms with van der Waals surface area (Å²) in [5.41, 5.74) is 3.31. The van der Waals surface area contributed by atoms with Gasteiger partial charge in [0, 0.05) is 19.2 Å². The van der Waals surface area contributed by atoms with Crippen LogP contribution in [0.25, 0.3) is 0 Å². The third-order valence-corrected chi connectivity index (χ3v) is 4.52. The average molecular weight is 545 g/mol. The number of carboxylic acids is 2. The topological polar surface area (TPSA) is 142 Å². The van der Waals surface area contributed by atoms with Gasteiger partial charge in [-0.15, -0.1) is 0 Å². The van der Waals surface area contributed by atoms with E-state index in [0.717, 1.165) is 0 Å². The van der Waals surface area contributed by atoms with Crippen LogP contribution in [0.4, 0.5) is 57.1 Å². The second-order valence-corrected chi connectivity index (χ2v) is 8.80. The average Bonchev–Trinajstić information content (AvgIpc) is 2.57. The molecule has 21 heteroatoms. The lowest BCUT2D eigenvalue weighted by atomic mass is 9.94. The number of quaternary nitrogens is 1. The standard InChI is InChI=1S/C7HF13O2.C5H12NO4P/c8-2(9,1(21)22)3(10,11)4(12,13)5(14,15)6(16,17)7(18,19)20;1-11(9,10)3-2-4(6)5(7)8/h(H,21,22);4H,2-3,6H2,1H3,(H,7,8)(H,9,10). The van der Waals surface area contributed by atoms with Crippen molar-refractivity contribution >= 4 is 19.3 Å². The minimum absolute atomic E-state index is 0.0213. The number of carbonyl (C=O) groups excluding carboxylic acids is 1. The summed E-state index contributed by atoms with van der Waals surface area (Å²) in [6.07, 6.45) is -7.36. The van der Waals surface area contributed by atoms with Crippen LogP contribution in [-0.2, 0) is 14.2 Å². The van der Waals surface area contributed by atoms with Gasteiger partial charge in [-0.05, 0) is 0 Å². The Balaban J connectivity index is 0. The van der Waals surface area contributed by atoms with Crippen LogP contribution in [0.15, 0.2) is 0 Å². The first kappa shape index (κ1) is 33.4. The number of alkyl halides is 13. The lowest BCUT2D eigenvalue weighted by Gasteiger charge is -2.39. The van der Waals surface area contributed by atoms with E-state index in [1.165, 1.54) is 6.66 Å². The van der Waals surface area contributed by atoms with Gasteiger partial charge in [-0.25, -0.2) is 4.79 Å². The van der Waals surface area contributed by atoms with Crippen molar-refractivity contribution in [3.8, 4) is 0 Å². The molecule has 33 heavy (non-hydrogen) atoms. The van der Waals surface area contributed by atoms with E-state index in [9.17, 15) is 76.3 Å². The van der Waals surface area contributed by atoms with Gasteiger partial charge in [0.15, 0.2) is 13.4 Å². The number of carboxylic acid groups (broad SMARTS) is 2. The van der Waals surface area contributed by atoms with Crippen molar-refractivity contribution in [2.75, 3.05) is 12.8 Å². The predicted molar refractivity (Wildman–Crippen MR) is 75.3 cm³/mol. The van der Waals surface area contributed by atoms with Crippen LogP contribution in [0.3, 0.4) is 0 Å². The molecule has 2 atom stereocenters. The highest BCUT2D eigenvalue weighted by atomic mass is 31.2. The van der Waals surface area contributed by atoms with Gasteiger partial charge in [0.2, 0.25) is 0 Å². The normalized spacial score (nSPS) is 16.8. The second-order valence-electron chi connectivity index (χ2n) is 6.26. The first-order valence-corrected chi connectivity index (χ1v) is 9.84. The molecule has 5 N–H and O–H groups in total. The minimum Gasteiger partial charge on any atom is -0.544 e. The van der Waals surface area contributed by atoms with E-state index in [4.69, 9.17) is 10.00 Å². The van der Waals surface area contributed by atoms with Crippen molar-refractivity contribution < 1.29 is 92.1 Å². The number of hydrogen-bond acceptors (Lipinski definition) is 4. The van der Waals surface area contributed by atoms with Crippen molar-refractivity contribution in [3.63, 3.8) is 0 Å². The van der Waals surface area contributed by atoms with E-state index in [1.807, 2.05) is 0 Å². The molecule has 0 aromatic rings. The first-order chi connectivity index (χ1) is 14.0. The van der Waals surface area contributed by atoms with E-state index >= 15 is 0 Å². The van der Waals surface area contributed by atoms with E-state index in [0.29, 0.717) is 0 Å². The second kappa shape index (κ2) is 9.81. The van der Waals surface area contributed by atoms with Crippen molar-refractivity contribution in [1.82, 2.24) is 0 Å². The fraction of sp³-hybridized carbons (Fsp3) is 0.833. The molecule has 0 heterocycles. The van der Waals surface area contributed by atoms with Crippen molar-refractivity contribution in [2.24, 2.45) is 0 Å². The zero-order valence-electron chi connectivity index (χ0n) is 15.6. The van der Waals surface area contributed by atoms with E-state index in [-0.39, 0.29) is 12.6 Å². The summed E-state index contributed by atoms with van der Waals surface area (Å²) >= 11 is 0. The lowest BCUT2D eigenvalue weighted by Crippen LogP contribution is -2.72. The van der Waals surface area contributed by atoms with Crippen molar-refractivity contribution in [1.29, 1.82) is 0 Å². The highest BCUT2D eigenvalue weighted by Crippen LogP contribution is 2.60. The molecule has 198 valence electrons. The molecule has 0 spiro atoms. The summed E-state index contributed by atoms with van der Waals surface area (Å²) < 4.78 is 170. The zero-order valence-corrected chi connectivity index (χ0v) is 16.5. The molecule has 0 saturated carbocycles. The molecular weight excluding hydrogens is 532 g/mol. The van der Waals surface area contributed by atoms with Gasteiger partial charge in [-0.1, -0.05) is 0 Å². The number of aliphatic carboxylic acids is 2. The van der Waals surface area contributed by atoms with Gasteiger partial charge < -0.3 is 25.6 Å². The molecule has 0 bridgehead atoms. The molecule has 0 aromatic carbocycles. The van der Waals surface area contributed by atoms with E-state index < -0.39 is 61.1 Å². The maximum atomic E-state index is 12.6. The van der Waals surface area contributed by atoms with Gasteiger partial charge in [-0.3, -0.25) is 4.57 Å². The Kier molecular flexibility index (Phi) is 9.92. The molecule has 2 unspecified atom stereocenters. The maximum absolute atomic E-state index is 12.6. The smallest absolute Gasteiger partial charge is 0.460 e. The molecule has 0 amide bonds. The van der Waals surface area contributed by atoms with E-state index in [2.05, 4.69) is 5.73 Å². The zero-order chi connectivity index (χ0) is 27.6. The van der Waals surface area contributed by atoms with E-state index in [1.54, 1.807) is 0 Å². The van der Waals surface area contributed by atoms with Crippen LogP contribution in [0.5, 0.6) is 0 Å². The highest BCUT2D eigenvalue weighted by Gasteiger charge is 2.91. The minimum atomic E-state index is -8.11. The fourth-order valence-corrected chi connectivity index (χ4v) is 2.21. The quantitative estimate of drug-likeness (QED) is 0.296. The molecule has 0 aliphatic heterocycles. The van der Waals surface area contributed by atoms with Gasteiger partial charge >= 0.3 is 41.8 Å². The van der Waals surface area contributed by atoms with Gasteiger partial charge in [0.25, 0.3) is 0 Å². The highest BCUT2D eigenvalue weighted by molar-refractivity contribution is 7.57. The predicted octanol–water partition coefficient (Wildman–Crippen LogP) is 1.45. The molecule has 0 rings (SSSR count). The lowest BCUT2D eigenvalue weighted by molar-refractivity contribution is -0.443. The van der Waals surface area contributed by atoms with Crippen molar-refractivity contribution in [3.05, 3.63) is 0 Å². The summed E-state index contributed by atoms with van der Waals surface area (Å²) in [5, 5.41) is 17.9. The largest absolute Gasteiger partial charge is 0.544 e. The Morgan fingerprint density at radius 3 is 1.42 bits per heavy atom. The number of carbonyl (C=O) groups is 2.